The maximum Gasteiger partial charge on any atom is 0.407 e. The van der Waals surface area contributed by atoms with E-state index in [0.29, 0.717) is 41.0 Å². The van der Waals surface area contributed by atoms with Crippen molar-refractivity contribution >= 4 is 17.7 Å². The van der Waals surface area contributed by atoms with E-state index in [9.17, 15) is 9.90 Å². The second-order valence-corrected chi connectivity index (χ2v) is 10.4. The van der Waals surface area contributed by atoms with Gasteiger partial charge in [-0.1, -0.05) is 49.7 Å². The molecule has 4 rings (SSSR count). The van der Waals surface area contributed by atoms with Gasteiger partial charge in [0, 0.05) is 17.7 Å². The van der Waals surface area contributed by atoms with Crippen molar-refractivity contribution in [1.82, 2.24) is 15.0 Å². The van der Waals surface area contributed by atoms with E-state index in [0.717, 1.165) is 22.3 Å². The number of amides is 1. The zero-order chi connectivity index (χ0) is 24.8. The molecular formula is C26H30ClN3O4. The van der Waals surface area contributed by atoms with Crippen molar-refractivity contribution in [3.05, 3.63) is 52.0 Å². The molecule has 0 fully saturated rings. The molecule has 1 aromatic heterocycles. The van der Waals surface area contributed by atoms with Gasteiger partial charge in [-0.05, 0) is 67.5 Å². The van der Waals surface area contributed by atoms with Crippen molar-refractivity contribution in [2.45, 2.75) is 60.1 Å². The molecule has 8 heteroatoms. The molecule has 1 N–H and O–H groups in total. The highest BCUT2D eigenvalue weighted by Crippen LogP contribution is 2.44. The lowest BCUT2D eigenvalue weighted by atomic mass is 9.75. The van der Waals surface area contributed by atoms with Gasteiger partial charge in [-0.3, -0.25) is 0 Å². The molecule has 7 nitrogen and oxygen atoms in total. The van der Waals surface area contributed by atoms with E-state index in [-0.39, 0.29) is 17.6 Å². The SMILES string of the molecule is Cc1c(-c2noc(-c3ccc(OC(C)C)c(Cl)c3)n2)ccc2c1CCN(C(=O)O)C2C(C)(C)C. The molecule has 0 radical (unpaired) electrons. The first-order chi connectivity index (χ1) is 16.0. The summed E-state index contributed by atoms with van der Waals surface area (Å²) in [6, 6.07) is 9.13. The molecule has 2 aromatic carbocycles. The second kappa shape index (κ2) is 8.95. The summed E-state index contributed by atoms with van der Waals surface area (Å²) >= 11 is 6.38. The van der Waals surface area contributed by atoms with Crippen molar-refractivity contribution < 1.29 is 19.2 Å². The molecule has 1 aliphatic heterocycles. The Hall–Kier alpha value is -3.06. The van der Waals surface area contributed by atoms with Gasteiger partial charge < -0.3 is 19.3 Å². The van der Waals surface area contributed by atoms with Crippen LogP contribution in [0, 0.1) is 12.3 Å². The summed E-state index contributed by atoms with van der Waals surface area (Å²) in [7, 11) is 0. The van der Waals surface area contributed by atoms with Gasteiger partial charge in [-0.25, -0.2) is 4.79 Å². The smallest absolute Gasteiger partial charge is 0.407 e. The third-order valence-corrected chi connectivity index (χ3v) is 6.41. The zero-order valence-corrected chi connectivity index (χ0v) is 21.1. The number of aromatic nitrogens is 2. The minimum atomic E-state index is -0.890. The summed E-state index contributed by atoms with van der Waals surface area (Å²) in [6.07, 6.45) is -0.227. The topological polar surface area (TPSA) is 88.7 Å². The second-order valence-electron chi connectivity index (χ2n) is 10.0. The van der Waals surface area contributed by atoms with Crippen LogP contribution >= 0.6 is 11.6 Å². The summed E-state index contributed by atoms with van der Waals surface area (Å²) < 4.78 is 11.3. The molecule has 180 valence electrons. The van der Waals surface area contributed by atoms with Gasteiger partial charge >= 0.3 is 6.09 Å². The van der Waals surface area contributed by atoms with Crippen LogP contribution in [0.1, 0.15) is 57.4 Å². The van der Waals surface area contributed by atoms with Gasteiger partial charge in [0.05, 0.1) is 17.2 Å². The van der Waals surface area contributed by atoms with Gasteiger partial charge in [0.2, 0.25) is 5.82 Å². The van der Waals surface area contributed by atoms with Crippen LogP contribution in [0.4, 0.5) is 4.79 Å². The molecule has 3 aromatic rings. The minimum absolute atomic E-state index is 0.0193. The molecule has 34 heavy (non-hydrogen) atoms. The normalized spacial score (nSPS) is 16.0. The van der Waals surface area contributed by atoms with Gasteiger partial charge in [-0.15, -0.1) is 0 Å². The summed E-state index contributed by atoms with van der Waals surface area (Å²) in [5, 5.41) is 14.5. The highest BCUT2D eigenvalue weighted by atomic mass is 35.5. The van der Waals surface area contributed by atoms with Crippen molar-refractivity contribution in [3.63, 3.8) is 0 Å². The van der Waals surface area contributed by atoms with E-state index in [2.05, 4.69) is 30.9 Å². The van der Waals surface area contributed by atoms with Crippen LogP contribution in [0.2, 0.25) is 5.02 Å². The summed E-state index contributed by atoms with van der Waals surface area (Å²) in [4.78, 5) is 18.1. The predicted octanol–water partition coefficient (Wildman–Crippen LogP) is 6.78. The highest BCUT2D eigenvalue weighted by molar-refractivity contribution is 6.32. The van der Waals surface area contributed by atoms with Crippen LogP contribution in [0.5, 0.6) is 5.75 Å². The van der Waals surface area contributed by atoms with Crippen molar-refractivity contribution in [1.29, 1.82) is 0 Å². The van der Waals surface area contributed by atoms with Crippen molar-refractivity contribution in [3.8, 4) is 28.6 Å². The van der Waals surface area contributed by atoms with Gasteiger partial charge in [0.15, 0.2) is 0 Å². The van der Waals surface area contributed by atoms with Crippen molar-refractivity contribution in [2.75, 3.05) is 6.54 Å². The Labute approximate surface area is 204 Å². The zero-order valence-electron chi connectivity index (χ0n) is 20.3. The van der Waals surface area contributed by atoms with Crippen molar-refractivity contribution in [2.24, 2.45) is 5.41 Å². The van der Waals surface area contributed by atoms with E-state index in [1.807, 2.05) is 39.0 Å². The summed E-state index contributed by atoms with van der Waals surface area (Å²) in [6.45, 7) is 12.6. The number of ether oxygens (including phenoxy) is 1. The highest BCUT2D eigenvalue weighted by Gasteiger charge is 2.39. The van der Waals surface area contributed by atoms with E-state index in [1.165, 1.54) is 0 Å². The number of nitrogens with zero attached hydrogens (tertiary/aromatic N) is 3. The Morgan fingerprint density at radius 1 is 1.26 bits per heavy atom. The number of hydrogen-bond donors (Lipinski definition) is 1. The lowest BCUT2D eigenvalue weighted by Gasteiger charge is -2.43. The molecular weight excluding hydrogens is 454 g/mol. The van der Waals surface area contributed by atoms with Crippen LogP contribution in [-0.2, 0) is 6.42 Å². The first kappa shape index (κ1) is 24.1. The standard InChI is InChI=1S/C26H30ClN3O4/c1-14(2)33-21-10-7-16(13-20(21)27)24-28-23(29-34-24)18-8-9-19-17(15(18)3)11-12-30(25(31)32)22(19)26(4,5)6/h7-10,13-14,22H,11-12H2,1-6H3,(H,31,32). The number of rotatable bonds is 4. The lowest BCUT2D eigenvalue weighted by molar-refractivity contribution is 0.0758. The van der Waals surface area contributed by atoms with Gasteiger partial charge in [0.25, 0.3) is 5.89 Å². The fourth-order valence-corrected chi connectivity index (χ4v) is 4.94. The fourth-order valence-electron chi connectivity index (χ4n) is 4.71. The Morgan fingerprint density at radius 2 is 2.00 bits per heavy atom. The fraction of sp³-hybridized carbons (Fsp3) is 0.423. The molecule has 1 atom stereocenters. The van der Waals surface area contributed by atoms with Crippen LogP contribution in [0.25, 0.3) is 22.8 Å². The molecule has 2 heterocycles. The molecule has 1 unspecified atom stereocenters. The molecule has 0 aliphatic carbocycles. The summed E-state index contributed by atoms with van der Waals surface area (Å²) in [5.41, 5.74) is 4.57. The van der Waals surface area contributed by atoms with Gasteiger partial charge in [0.1, 0.15) is 5.75 Å². The molecule has 0 saturated heterocycles. The molecule has 0 saturated carbocycles. The number of fused-ring (bicyclic) bond motifs is 1. The van der Waals surface area contributed by atoms with E-state index < -0.39 is 6.09 Å². The third kappa shape index (κ3) is 4.49. The molecule has 1 amide bonds. The number of halogens is 1. The largest absolute Gasteiger partial charge is 0.489 e. The minimum Gasteiger partial charge on any atom is -0.489 e. The average molecular weight is 484 g/mol. The Kier molecular flexibility index (Phi) is 6.34. The first-order valence-electron chi connectivity index (χ1n) is 11.4. The maximum atomic E-state index is 11.9. The quantitative estimate of drug-likeness (QED) is 0.440. The first-order valence-corrected chi connectivity index (χ1v) is 11.8. The van der Waals surface area contributed by atoms with E-state index in [1.54, 1.807) is 17.0 Å². The van der Waals surface area contributed by atoms with Crippen LogP contribution in [-0.4, -0.2) is 38.9 Å². The monoisotopic (exact) mass is 483 g/mol. The third-order valence-electron chi connectivity index (χ3n) is 6.12. The molecule has 0 bridgehead atoms. The van der Waals surface area contributed by atoms with Crippen LogP contribution in [0.3, 0.4) is 0 Å². The lowest BCUT2D eigenvalue weighted by Crippen LogP contribution is -2.44. The van der Waals surface area contributed by atoms with E-state index in [4.69, 9.17) is 20.9 Å². The predicted molar refractivity (Wildman–Crippen MR) is 131 cm³/mol. The Morgan fingerprint density at radius 3 is 2.62 bits per heavy atom. The Balaban J connectivity index is 1.69. The van der Waals surface area contributed by atoms with Crippen LogP contribution in [0.15, 0.2) is 34.9 Å². The number of hydrogen-bond acceptors (Lipinski definition) is 5. The average Bonchev–Trinajstić information content (AvgIpc) is 3.23. The molecule has 0 spiro atoms. The number of carbonyl (C=O) groups is 1. The van der Waals surface area contributed by atoms with E-state index >= 15 is 0 Å². The maximum absolute atomic E-state index is 11.9. The van der Waals surface area contributed by atoms with Gasteiger partial charge in [-0.2, -0.15) is 4.98 Å². The Bertz CT molecular complexity index is 1230. The van der Waals surface area contributed by atoms with Crippen LogP contribution < -0.4 is 4.74 Å². The number of carboxylic acid groups (broad SMARTS) is 1. The summed E-state index contributed by atoms with van der Waals surface area (Å²) in [5.74, 6) is 1.46. The number of benzene rings is 2. The molecule has 1 aliphatic rings.